The summed E-state index contributed by atoms with van der Waals surface area (Å²) in [4.78, 5) is 12.0. The highest BCUT2D eigenvalue weighted by atomic mass is 32.2. The molecule has 0 aliphatic heterocycles. The molecule has 0 radical (unpaired) electrons. The topological polar surface area (TPSA) is 76.1 Å². The molecule has 3 rings (SSSR count). The van der Waals surface area contributed by atoms with Crippen LogP contribution in [0.1, 0.15) is 12.5 Å². The zero-order valence-corrected chi connectivity index (χ0v) is 16.8. The van der Waals surface area contributed by atoms with E-state index in [1.165, 1.54) is 35.2 Å². The number of nitrogens with one attached hydrogen (secondary N) is 2. The number of hydrogen-bond donors (Lipinski definition) is 2. The van der Waals surface area contributed by atoms with Crippen LogP contribution < -0.4 is 15.4 Å². The summed E-state index contributed by atoms with van der Waals surface area (Å²) >= 11 is 2.68. The highest BCUT2D eigenvalue weighted by Gasteiger charge is 2.10. The van der Waals surface area contributed by atoms with Crippen molar-refractivity contribution >= 4 is 39.8 Å². The van der Waals surface area contributed by atoms with Gasteiger partial charge in [-0.15, -0.1) is 10.2 Å². The molecule has 3 aromatic rings. The Morgan fingerprint density at radius 2 is 1.96 bits per heavy atom. The lowest BCUT2D eigenvalue weighted by molar-refractivity contribution is -0.118. The van der Waals surface area contributed by atoms with E-state index in [9.17, 15) is 9.18 Å². The average molecular weight is 419 g/mol. The third kappa shape index (κ3) is 5.93. The number of amides is 1. The number of benzene rings is 2. The van der Waals surface area contributed by atoms with Crippen molar-refractivity contribution in [2.24, 2.45) is 0 Å². The lowest BCUT2D eigenvalue weighted by Gasteiger charge is -2.09. The number of ether oxygens (including phenoxy) is 1. The van der Waals surface area contributed by atoms with Gasteiger partial charge in [0.15, 0.2) is 4.34 Å². The zero-order chi connectivity index (χ0) is 19.8. The molecule has 0 spiro atoms. The van der Waals surface area contributed by atoms with Crippen LogP contribution in [-0.4, -0.2) is 28.5 Å². The number of para-hydroxylation sites is 2. The van der Waals surface area contributed by atoms with Crippen molar-refractivity contribution in [1.82, 2.24) is 15.5 Å². The Morgan fingerprint density at radius 1 is 1.18 bits per heavy atom. The Balaban J connectivity index is 1.48. The van der Waals surface area contributed by atoms with E-state index in [4.69, 9.17) is 4.74 Å². The highest BCUT2D eigenvalue weighted by molar-refractivity contribution is 8.01. The van der Waals surface area contributed by atoms with Crippen LogP contribution in [0.3, 0.4) is 0 Å². The molecule has 6 nitrogen and oxygen atoms in total. The molecule has 0 saturated carbocycles. The maximum absolute atomic E-state index is 12.9. The second-order valence-electron chi connectivity index (χ2n) is 5.62. The molecule has 9 heteroatoms. The minimum absolute atomic E-state index is 0.124. The van der Waals surface area contributed by atoms with Gasteiger partial charge in [0.1, 0.15) is 11.6 Å². The molecule has 0 aliphatic carbocycles. The summed E-state index contributed by atoms with van der Waals surface area (Å²) in [5.74, 6) is 0.552. The summed E-state index contributed by atoms with van der Waals surface area (Å²) in [6.07, 6.45) is 0. The Hall–Kier alpha value is -2.65. The number of aromatic nitrogens is 2. The summed E-state index contributed by atoms with van der Waals surface area (Å²) in [5.41, 5.74) is 1.66. The summed E-state index contributed by atoms with van der Waals surface area (Å²) in [6.45, 7) is 2.86. The molecule has 2 aromatic carbocycles. The molecule has 146 valence electrons. The first-order valence-electron chi connectivity index (χ1n) is 8.60. The normalized spacial score (nSPS) is 10.5. The molecule has 0 saturated heterocycles. The van der Waals surface area contributed by atoms with Crippen molar-refractivity contribution in [3.05, 3.63) is 59.9 Å². The Bertz CT molecular complexity index is 918. The van der Waals surface area contributed by atoms with Gasteiger partial charge in [-0.05, 0) is 36.8 Å². The number of nitrogens with zero attached hydrogens (tertiary/aromatic N) is 2. The number of halogens is 1. The Morgan fingerprint density at radius 3 is 2.75 bits per heavy atom. The van der Waals surface area contributed by atoms with E-state index in [2.05, 4.69) is 20.8 Å². The van der Waals surface area contributed by atoms with Gasteiger partial charge in [-0.2, -0.15) is 0 Å². The summed E-state index contributed by atoms with van der Waals surface area (Å²) < 4.78 is 19.1. The molecule has 0 bridgehead atoms. The second kappa shape index (κ2) is 10.0. The van der Waals surface area contributed by atoms with Crippen molar-refractivity contribution in [3.63, 3.8) is 0 Å². The molecule has 28 heavy (non-hydrogen) atoms. The fraction of sp³-hybridized carbons (Fsp3) is 0.211. The maximum atomic E-state index is 12.9. The van der Waals surface area contributed by atoms with Crippen LogP contribution in [0.5, 0.6) is 5.75 Å². The molecule has 1 heterocycles. The van der Waals surface area contributed by atoms with Crippen molar-refractivity contribution < 1.29 is 13.9 Å². The summed E-state index contributed by atoms with van der Waals surface area (Å²) in [6, 6.07) is 13.6. The van der Waals surface area contributed by atoms with Gasteiger partial charge in [0, 0.05) is 6.54 Å². The molecular formula is C19H19FN4O2S2. The van der Waals surface area contributed by atoms with Crippen molar-refractivity contribution in [2.75, 3.05) is 17.7 Å². The summed E-state index contributed by atoms with van der Waals surface area (Å²) in [5, 5.41) is 14.8. The molecule has 0 unspecified atom stereocenters. The fourth-order valence-corrected chi connectivity index (χ4v) is 3.86. The average Bonchev–Trinajstić information content (AvgIpc) is 3.15. The van der Waals surface area contributed by atoms with Crippen molar-refractivity contribution in [3.8, 4) is 5.75 Å². The molecule has 1 amide bonds. The first-order valence-corrected chi connectivity index (χ1v) is 10.4. The van der Waals surface area contributed by atoms with Gasteiger partial charge in [0.25, 0.3) is 0 Å². The van der Waals surface area contributed by atoms with E-state index < -0.39 is 0 Å². The standard InChI is InChI=1S/C19H19FN4O2S2/c1-2-26-16-6-4-3-5-15(16)22-18-23-24-19(28-18)27-12-17(25)21-11-13-7-9-14(20)10-8-13/h3-10H,2,11-12H2,1H3,(H,21,25)(H,22,23). The van der Waals surface area contributed by atoms with Gasteiger partial charge in [-0.25, -0.2) is 4.39 Å². The van der Waals surface area contributed by atoms with Gasteiger partial charge < -0.3 is 15.4 Å². The van der Waals surface area contributed by atoms with Gasteiger partial charge in [0.05, 0.1) is 18.0 Å². The number of rotatable bonds is 9. The predicted molar refractivity (Wildman–Crippen MR) is 110 cm³/mol. The van der Waals surface area contributed by atoms with Crippen LogP contribution in [0, 0.1) is 5.82 Å². The lowest BCUT2D eigenvalue weighted by Crippen LogP contribution is -2.24. The third-order valence-corrected chi connectivity index (χ3v) is 5.54. The fourth-order valence-electron chi connectivity index (χ4n) is 2.27. The second-order valence-corrected chi connectivity index (χ2v) is 7.82. The minimum atomic E-state index is -0.296. The van der Waals surface area contributed by atoms with Gasteiger partial charge in [0.2, 0.25) is 11.0 Å². The quantitative estimate of drug-likeness (QED) is 0.507. The van der Waals surface area contributed by atoms with Gasteiger partial charge in [-0.1, -0.05) is 47.4 Å². The van der Waals surface area contributed by atoms with Gasteiger partial charge in [-0.3, -0.25) is 4.79 Å². The lowest BCUT2D eigenvalue weighted by atomic mass is 10.2. The number of thioether (sulfide) groups is 1. The molecule has 0 atom stereocenters. The van der Waals surface area contributed by atoms with Crippen LogP contribution in [0.4, 0.5) is 15.2 Å². The highest BCUT2D eigenvalue weighted by Crippen LogP contribution is 2.31. The minimum Gasteiger partial charge on any atom is -0.492 e. The van der Waals surface area contributed by atoms with E-state index in [1.54, 1.807) is 12.1 Å². The third-order valence-electron chi connectivity index (χ3n) is 3.56. The SMILES string of the molecule is CCOc1ccccc1Nc1nnc(SCC(=O)NCc2ccc(F)cc2)s1. The zero-order valence-electron chi connectivity index (χ0n) is 15.1. The Kier molecular flexibility index (Phi) is 7.21. The van der Waals surface area contributed by atoms with Crippen LogP contribution in [-0.2, 0) is 11.3 Å². The van der Waals surface area contributed by atoms with Crippen molar-refractivity contribution in [1.29, 1.82) is 0 Å². The first-order chi connectivity index (χ1) is 13.6. The molecule has 1 aromatic heterocycles. The largest absolute Gasteiger partial charge is 0.492 e. The maximum Gasteiger partial charge on any atom is 0.230 e. The monoisotopic (exact) mass is 418 g/mol. The van der Waals surface area contributed by atoms with Crippen LogP contribution in [0.15, 0.2) is 52.9 Å². The number of carbonyl (C=O) groups excluding carboxylic acids is 1. The molecule has 2 N–H and O–H groups in total. The molecule has 0 aliphatic rings. The smallest absolute Gasteiger partial charge is 0.230 e. The molecular weight excluding hydrogens is 399 g/mol. The number of anilines is 2. The van der Waals surface area contributed by atoms with E-state index in [0.717, 1.165) is 17.0 Å². The van der Waals surface area contributed by atoms with Gasteiger partial charge >= 0.3 is 0 Å². The van der Waals surface area contributed by atoms with E-state index in [1.807, 2.05) is 31.2 Å². The number of carbonyl (C=O) groups is 1. The number of hydrogen-bond acceptors (Lipinski definition) is 7. The Labute approximate surface area is 170 Å². The van der Waals surface area contributed by atoms with Crippen molar-refractivity contribution in [2.45, 2.75) is 17.8 Å². The van der Waals surface area contributed by atoms with E-state index in [-0.39, 0.29) is 17.5 Å². The summed E-state index contributed by atoms with van der Waals surface area (Å²) in [7, 11) is 0. The molecule has 0 fully saturated rings. The van der Waals surface area contributed by atoms with Crippen LogP contribution in [0.2, 0.25) is 0 Å². The van der Waals surface area contributed by atoms with E-state index in [0.29, 0.717) is 22.6 Å². The first kappa shape index (κ1) is 20.1. The van der Waals surface area contributed by atoms with E-state index >= 15 is 0 Å². The predicted octanol–water partition coefficient (Wildman–Crippen LogP) is 4.23. The van der Waals surface area contributed by atoms with Crippen LogP contribution in [0.25, 0.3) is 0 Å². The van der Waals surface area contributed by atoms with Crippen LogP contribution >= 0.6 is 23.1 Å².